The fourth-order valence-electron chi connectivity index (χ4n) is 2.17. The fraction of sp³-hybridized carbons (Fsp3) is 0.846. The molecule has 0 saturated carbocycles. The maximum Gasteiger partial charge on any atom is 0.315 e. The zero-order valence-corrected chi connectivity index (χ0v) is 12.0. The van der Waals surface area contributed by atoms with Gasteiger partial charge >= 0.3 is 6.01 Å². The maximum atomic E-state index is 5.70. The molecule has 0 amide bonds. The summed E-state index contributed by atoms with van der Waals surface area (Å²) in [5, 5.41) is 14.6. The van der Waals surface area contributed by atoms with Crippen LogP contribution in [0.1, 0.15) is 52.0 Å². The molecule has 2 unspecified atom stereocenters. The third-order valence-electron chi connectivity index (χ3n) is 3.43. The van der Waals surface area contributed by atoms with Crippen molar-refractivity contribution in [3.63, 3.8) is 0 Å². The van der Waals surface area contributed by atoms with Crippen molar-refractivity contribution in [1.29, 1.82) is 0 Å². The van der Waals surface area contributed by atoms with Gasteiger partial charge in [0.05, 0.1) is 11.6 Å². The van der Waals surface area contributed by atoms with Gasteiger partial charge in [-0.05, 0) is 39.7 Å². The highest BCUT2D eigenvalue weighted by atomic mass is 16.5. The topological polar surface area (TPSA) is 72.2 Å². The van der Waals surface area contributed by atoms with Crippen LogP contribution in [0.5, 0.6) is 0 Å². The summed E-state index contributed by atoms with van der Waals surface area (Å²) in [4.78, 5) is 0. The lowest BCUT2D eigenvalue weighted by atomic mass is 10.0. The van der Waals surface area contributed by atoms with E-state index in [-0.39, 0.29) is 11.6 Å². The Hall–Kier alpha value is -1.14. The average Bonchev–Trinajstić information content (AvgIpc) is 3.03. The van der Waals surface area contributed by atoms with Gasteiger partial charge in [0.2, 0.25) is 5.89 Å². The molecule has 0 aliphatic carbocycles. The summed E-state index contributed by atoms with van der Waals surface area (Å²) < 4.78 is 11.3. The van der Waals surface area contributed by atoms with Gasteiger partial charge < -0.3 is 19.8 Å². The largest absolute Gasteiger partial charge is 0.406 e. The van der Waals surface area contributed by atoms with Crippen LogP contribution in [0, 0.1) is 0 Å². The summed E-state index contributed by atoms with van der Waals surface area (Å²) in [6.45, 7) is 8.74. The third-order valence-corrected chi connectivity index (χ3v) is 3.43. The third kappa shape index (κ3) is 3.91. The zero-order chi connectivity index (χ0) is 13.7. The number of nitrogens with zero attached hydrogens (tertiary/aromatic N) is 2. The molecule has 2 rings (SSSR count). The molecule has 1 saturated heterocycles. The molecule has 0 radical (unpaired) electrons. The molecule has 2 atom stereocenters. The Morgan fingerprint density at radius 3 is 2.95 bits per heavy atom. The van der Waals surface area contributed by atoms with Gasteiger partial charge in [-0.3, -0.25) is 0 Å². The minimum Gasteiger partial charge on any atom is -0.406 e. The van der Waals surface area contributed by atoms with E-state index in [1.165, 1.54) is 0 Å². The second-order valence-electron chi connectivity index (χ2n) is 5.38. The first-order valence-electron chi connectivity index (χ1n) is 7.07. The predicted molar refractivity (Wildman–Crippen MR) is 73.1 cm³/mol. The number of nitrogens with one attached hydrogen (secondary N) is 2. The number of aromatic nitrogens is 2. The predicted octanol–water partition coefficient (Wildman–Crippen LogP) is 2.11. The molecule has 1 aromatic rings. The number of anilines is 1. The van der Waals surface area contributed by atoms with Crippen LogP contribution < -0.4 is 10.6 Å². The monoisotopic (exact) mass is 268 g/mol. The smallest absolute Gasteiger partial charge is 0.315 e. The van der Waals surface area contributed by atoms with Crippen molar-refractivity contribution in [3.05, 3.63) is 5.89 Å². The Labute approximate surface area is 114 Å². The molecule has 1 fully saturated rings. The molecule has 0 bridgehead atoms. The van der Waals surface area contributed by atoms with E-state index >= 15 is 0 Å². The molecule has 6 heteroatoms. The molecule has 0 spiro atoms. The fourth-order valence-corrected chi connectivity index (χ4v) is 2.17. The summed E-state index contributed by atoms with van der Waals surface area (Å²) in [7, 11) is 0. The Morgan fingerprint density at radius 1 is 1.42 bits per heavy atom. The van der Waals surface area contributed by atoms with Gasteiger partial charge in [-0.15, -0.1) is 5.10 Å². The van der Waals surface area contributed by atoms with E-state index in [0.29, 0.717) is 18.5 Å². The van der Waals surface area contributed by atoms with E-state index in [0.717, 1.165) is 32.4 Å². The second-order valence-corrected chi connectivity index (χ2v) is 5.38. The van der Waals surface area contributed by atoms with Gasteiger partial charge in [0, 0.05) is 13.2 Å². The highest BCUT2D eigenvalue weighted by Gasteiger charge is 2.30. The van der Waals surface area contributed by atoms with Crippen molar-refractivity contribution in [2.45, 2.75) is 51.7 Å². The number of hydrogen-bond donors (Lipinski definition) is 2. The standard InChI is InChI=1S/C13H24N4O2/c1-4-7-14-10(2)11-16-17-12(19-11)15-9-13(3)6-5-8-18-13/h10,14H,4-9H2,1-3H3,(H,15,17). The van der Waals surface area contributed by atoms with Gasteiger partial charge in [-0.25, -0.2) is 0 Å². The van der Waals surface area contributed by atoms with E-state index in [1.807, 2.05) is 6.92 Å². The summed E-state index contributed by atoms with van der Waals surface area (Å²) in [5.74, 6) is 0.619. The molecule has 2 N–H and O–H groups in total. The highest BCUT2D eigenvalue weighted by molar-refractivity contribution is 5.19. The van der Waals surface area contributed by atoms with Gasteiger partial charge in [0.15, 0.2) is 0 Å². The van der Waals surface area contributed by atoms with Gasteiger partial charge in [-0.1, -0.05) is 12.0 Å². The molecule has 19 heavy (non-hydrogen) atoms. The molecule has 6 nitrogen and oxygen atoms in total. The van der Waals surface area contributed by atoms with Crippen molar-refractivity contribution >= 4 is 6.01 Å². The zero-order valence-electron chi connectivity index (χ0n) is 12.0. The van der Waals surface area contributed by atoms with Crippen LogP contribution in [-0.2, 0) is 4.74 Å². The lowest BCUT2D eigenvalue weighted by Crippen LogP contribution is -2.32. The number of ether oxygens (including phenoxy) is 1. The SMILES string of the molecule is CCCNC(C)c1nnc(NCC2(C)CCCO2)o1. The molecular weight excluding hydrogens is 244 g/mol. The summed E-state index contributed by atoms with van der Waals surface area (Å²) in [5.41, 5.74) is -0.110. The van der Waals surface area contributed by atoms with E-state index in [1.54, 1.807) is 0 Å². The van der Waals surface area contributed by atoms with Gasteiger partial charge in [0.25, 0.3) is 0 Å². The first-order chi connectivity index (χ1) is 9.13. The van der Waals surface area contributed by atoms with Crippen molar-refractivity contribution in [2.75, 3.05) is 25.0 Å². The Morgan fingerprint density at radius 2 is 2.26 bits per heavy atom. The summed E-state index contributed by atoms with van der Waals surface area (Å²) in [6, 6.07) is 0.554. The Balaban J connectivity index is 1.83. The van der Waals surface area contributed by atoms with Crippen molar-refractivity contribution in [1.82, 2.24) is 15.5 Å². The molecule has 0 aromatic carbocycles. The van der Waals surface area contributed by atoms with Gasteiger partial charge in [0.1, 0.15) is 0 Å². The van der Waals surface area contributed by atoms with E-state index < -0.39 is 0 Å². The van der Waals surface area contributed by atoms with E-state index in [2.05, 4.69) is 34.7 Å². The quantitative estimate of drug-likeness (QED) is 0.789. The van der Waals surface area contributed by atoms with Crippen molar-refractivity contribution in [2.24, 2.45) is 0 Å². The average molecular weight is 268 g/mol. The van der Waals surface area contributed by atoms with Crippen molar-refractivity contribution < 1.29 is 9.15 Å². The van der Waals surface area contributed by atoms with Gasteiger partial charge in [-0.2, -0.15) is 0 Å². The Bertz CT molecular complexity index is 388. The van der Waals surface area contributed by atoms with Crippen molar-refractivity contribution in [3.8, 4) is 0 Å². The number of rotatable bonds is 7. The lowest BCUT2D eigenvalue weighted by molar-refractivity contribution is 0.0311. The maximum absolute atomic E-state index is 5.70. The van der Waals surface area contributed by atoms with Crippen LogP contribution in [0.4, 0.5) is 6.01 Å². The molecular formula is C13H24N4O2. The minimum atomic E-state index is -0.110. The highest BCUT2D eigenvalue weighted by Crippen LogP contribution is 2.25. The Kier molecular flexibility index (Phi) is 4.76. The molecule has 1 aliphatic heterocycles. The second kappa shape index (κ2) is 6.34. The molecule has 2 heterocycles. The van der Waals surface area contributed by atoms with E-state index in [4.69, 9.17) is 9.15 Å². The summed E-state index contributed by atoms with van der Waals surface area (Å²) in [6.07, 6.45) is 3.26. The molecule has 108 valence electrons. The molecule has 1 aliphatic rings. The lowest BCUT2D eigenvalue weighted by Gasteiger charge is -2.22. The first-order valence-corrected chi connectivity index (χ1v) is 7.07. The van der Waals surface area contributed by atoms with Crippen LogP contribution >= 0.6 is 0 Å². The van der Waals surface area contributed by atoms with Crippen LogP contribution in [0.15, 0.2) is 4.42 Å². The van der Waals surface area contributed by atoms with Crippen LogP contribution in [0.3, 0.4) is 0 Å². The molecule has 1 aromatic heterocycles. The van der Waals surface area contributed by atoms with Crippen LogP contribution in [0.2, 0.25) is 0 Å². The summed E-state index contributed by atoms with van der Waals surface area (Å²) >= 11 is 0. The number of hydrogen-bond acceptors (Lipinski definition) is 6. The van der Waals surface area contributed by atoms with Crippen LogP contribution in [-0.4, -0.2) is 35.5 Å². The van der Waals surface area contributed by atoms with Crippen LogP contribution in [0.25, 0.3) is 0 Å². The normalized spacial score (nSPS) is 24.6. The van der Waals surface area contributed by atoms with E-state index in [9.17, 15) is 0 Å². The minimum absolute atomic E-state index is 0.0846. The first kappa shape index (κ1) is 14.3.